The molecule has 0 amide bonds. The number of carbonyl (C=O) groups is 2. The van der Waals surface area contributed by atoms with E-state index in [0.717, 1.165) is 0 Å². The summed E-state index contributed by atoms with van der Waals surface area (Å²) in [7, 11) is 1.35. The molecule has 2 N–H and O–H groups in total. The number of aliphatic hydroxyl groups is 1. The molecule has 6 nitrogen and oxygen atoms in total. The molecule has 0 bridgehead atoms. The van der Waals surface area contributed by atoms with Gasteiger partial charge in [-0.15, -0.1) is 0 Å². The quantitative estimate of drug-likeness (QED) is 0.527. The summed E-state index contributed by atoms with van der Waals surface area (Å²) in [5, 5.41) is 13.5. The van der Waals surface area contributed by atoms with E-state index in [1.807, 2.05) is 0 Å². The molecule has 1 fully saturated rings. The van der Waals surface area contributed by atoms with Crippen LogP contribution in [0.3, 0.4) is 0 Å². The van der Waals surface area contributed by atoms with Crippen LogP contribution in [0.1, 0.15) is 39.0 Å². The third-order valence-electron chi connectivity index (χ3n) is 3.72. The zero-order chi connectivity index (χ0) is 15.0. The Morgan fingerprint density at radius 3 is 2.55 bits per heavy atom. The fraction of sp³-hybridized carbons (Fsp3) is 0.857. The maximum Gasteiger partial charge on any atom is 0.308 e. The fourth-order valence-corrected chi connectivity index (χ4v) is 2.44. The van der Waals surface area contributed by atoms with Crippen molar-refractivity contribution in [1.29, 1.82) is 0 Å². The molecular weight excluding hydrogens is 262 g/mol. The largest absolute Gasteiger partial charge is 0.469 e. The second kappa shape index (κ2) is 8.21. The van der Waals surface area contributed by atoms with E-state index in [1.54, 1.807) is 6.92 Å². The normalized spacial score (nSPS) is 26.1. The summed E-state index contributed by atoms with van der Waals surface area (Å²) < 4.78 is 9.54. The summed E-state index contributed by atoms with van der Waals surface area (Å²) in [4.78, 5) is 22.6. The number of methoxy groups -OCH3 is 1. The standard InChI is InChI=1S/C14H25NO5/c1-3-20-13(17)11-4-7-14(18,8-5-11)10-15-9-6-12(16)19-2/h11,15,18H,3-10H2,1-2H3. The molecule has 0 heterocycles. The monoisotopic (exact) mass is 287 g/mol. The van der Waals surface area contributed by atoms with Gasteiger partial charge < -0.3 is 19.9 Å². The van der Waals surface area contributed by atoms with Gasteiger partial charge in [0.05, 0.1) is 31.7 Å². The van der Waals surface area contributed by atoms with Gasteiger partial charge in [0, 0.05) is 13.1 Å². The van der Waals surface area contributed by atoms with Crippen molar-refractivity contribution in [2.75, 3.05) is 26.8 Å². The van der Waals surface area contributed by atoms with Crippen molar-refractivity contribution < 1.29 is 24.2 Å². The van der Waals surface area contributed by atoms with E-state index >= 15 is 0 Å². The molecule has 0 atom stereocenters. The van der Waals surface area contributed by atoms with E-state index in [0.29, 0.717) is 45.4 Å². The smallest absolute Gasteiger partial charge is 0.308 e. The molecule has 0 aromatic rings. The van der Waals surface area contributed by atoms with Crippen molar-refractivity contribution >= 4 is 11.9 Å². The lowest BCUT2D eigenvalue weighted by Gasteiger charge is -2.35. The van der Waals surface area contributed by atoms with Gasteiger partial charge in [-0.1, -0.05) is 0 Å². The Morgan fingerprint density at radius 2 is 2.00 bits per heavy atom. The summed E-state index contributed by atoms with van der Waals surface area (Å²) in [6.45, 7) is 3.10. The summed E-state index contributed by atoms with van der Waals surface area (Å²) in [6, 6.07) is 0. The summed E-state index contributed by atoms with van der Waals surface area (Å²) in [5.41, 5.74) is -0.793. The first-order valence-corrected chi connectivity index (χ1v) is 7.17. The van der Waals surface area contributed by atoms with Gasteiger partial charge in [0.1, 0.15) is 0 Å². The molecule has 20 heavy (non-hydrogen) atoms. The van der Waals surface area contributed by atoms with Crippen LogP contribution in [0.2, 0.25) is 0 Å². The van der Waals surface area contributed by atoms with Crippen molar-refractivity contribution in [1.82, 2.24) is 5.32 Å². The van der Waals surface area contributed by atoms with Gasteiger partial charge in [-0.05, 0) is 32.6 Å². The van der Waals surface area contributed by atoms with Gasteiger partial charge in [0.15, 0.2) is 0 Å². The Balaban J connectivity index is 2.24. The van der Waals surface area contributed by atoms with E-state index in [1.165, 1.54) is 7.11 Å². The number of carbonyl (C=O) groups excluding carboxylic acids is 2. The van der Waals surface area contributed by atoms with Crippen LogP contribution in [0.4, 0.5) is 0 Å². The number of hydrogen-bond donors (Lipinski definition) is 2. The van der Waals surface area contributed by atoms with Crippen LogP contribution in [-0.4, -0.2) is 49.5 Å². The molecule has 0 saturated heterocycles. The predicted molar refractivity (Wildman–Crippen MR) is 73.0 cm³/mol. The lowest BCUT2D eigenvalue weighted by molar-refractivity contribution is -0.151. The SMILES string of the molecule is CCOC(=O)C1CCC(O)(CNCCC(=O)OC)CC1. The third kappa shape index (κ3) is 5.46. The molecule has 0 aromatic carbocycles. The van der Waals surface area contributed by atoms with Crippen LogP contribution in [-0.2, 0) is 19.1 Å². The molecule has 1 aliphatic rings. The van der Waals surface area contributed by atoms with Crippen LogP contribution >= 0.6 is 0 Å². The highest BCUT2D eigenvalue weighted by Gasteiger charge is 2.35. The molecule has 0 aliphatic heterocycles. The van der Waals surface area contributed by atoms with Gasteiger partial charge in [-0.3, -0.25) is 9.59 Å². The molecule has 6 heteroatoms. The highest BCUT2D eigenvalue weighted by Crippen LogP contribution is 2.32. The zero-order valence-corrected chi connectivity index (χ0v) is 12.3. The van der Waals surface area contributed by atoms with Crippen LogP contribution in [0.15, 0.2) is 0 Å². The first kappa shape index (κ1) is 16.9. The van der Waals surface area contributed by atoms with Crippen LogP contribution in [0.25, 0.3) is 0 Å². The van der Waals surface area contributed by atoms with E-state index in [-0.39, 0.29) is 24.3 Å². The average Bonchev–Trinajstić information content (AvgIpc) is 2.44. The van der Waals surface area contributed by atoms with Crippen molar-refractivity contribution in [3.05, 3.63) is 0 Å². The molecule has 0 spiro atoms. The van der Waals surface area contributed by atoms with Gasteiger partial charge in [-0.2, -0.15) is 0 Å². The van der Waals surface area contributed by atoms with Gasteiger partial charge in [0.2, 0.25) is 0 Å². The second-order valence-corrected chi connectivity index (χ2v) is 5.25. The van der Waals surface area contributed by atoms with E-state index in [2.05, 4.69) is 10.1 Å². The Labute approximate surface area is 119 Å². The molecule has 116 valence electrons. The number of nitrogens with one attached hydrogen (secondary N) is 1. The van der Waals surface area contributed by atoms with E-state index < -0.39 is 5.60 Å². The minimum Gasteiger partial charge on any atom is -0.469 e. The Morgan fingerprint density at radius 1 is 1.35 bits per heavy atom. The Bertz CT molecular complexity index is 324. The summed E-state index contributed by atoms with van der Waals surface area (Å²) in [6.07, 6.45) is 2.73. The van der Waals surface area contributed by atoms with Crippen molar-refractivity contribution in [3.63, 3.8) is 0 Å². The molecule has 0 unspecified atom stereocenters. The first-order valence-electron chi connectivity index (χ1n) is 7.17. The number of rotatable bonds is 7. The third-order valence-corrected chi connectivity index (χ3v) is 3.72. The minimum absolute atomic E-state index is 0.0923. The average molecular weight is 287 g/mol. The fourth-order valence-electron chi connectivity index (χ4n) is 2.44. The summed E-state index contributed by atoms with van der Waals surface area (Å²) in [5.74, 6) is -0.519. The number of hydrogen-bond acceptors (Lipinski definition) is 6. The topological polar surface area (TPSA) is 84.9 Å². The lowest BCUT2D eigenvalue weighted by atomic mass is 9.79. The van der Waals surface area contributed by atoms with Crippen LogP contribution in [0.5, 0.6) is 0 Å². The molecule has 1 rings (SSSR count). The first-order chi connectivity index (χ1) is 9.50. The van der Waals surface area contributed by atoms with Crippen LogP contribution < -0.4 is 5.32 Å². The summed E-state index contributed by atoms with van der Waals surface area (Å²) >= 11 is 0. The molecule has 1 saturated carbocycles. The van der Waals surface area contributed by atoms with Gasteiger partial charge >= 0.3 is 11.9 Å². The predicted octanol–water partition coefficient (Wildman–Crippen LogP) is 0.623. The maximum absolute atomic E-state index is 11.6. The zero-order valence-electron chi connectivity index (χ0n) is 12.3. The van der Waals surface area contributed by atoms with E-state index in [4.69, 9.17) is 4.74 Å². The molecule has 1 aliphatic carbocycles. The highest BCUT2D eigenvalue weighted by molar-refractivity contribution is 5.72. The van der Waals surface area contributed by atoms with E-state index in [9.17, 15) is 14.7 Å². The maximum atomic E-state index is 11.6. The van der Waals surface area contributed by atoms with Gasteiger partial charge in [-0.25, -0.2) is 0 Å². The second-order valence-electron chi connectivity index (χ2n) is 5.25. The highest BCUT2D eigenvalue weighted by atomic mass is 16.5. The van der Waals surface area contributed by atoms with Crippen LogP contribution in [0, 0.1) is 5.92 Å². The Hall–Kier alpha value is -1.14. The van der Waals surface area contributed by atoms with Gasteiger partial charge in [0.25, 0.3) is 0 Å². The number of esters is 2. The number of ether oxygens (including phenoxy) is 2. The van der Waals surface area contributed by atoms with Crippen molar-refractivity contribution in [2.45, 2.75) is 44.6 Å². The molecule has 0 aromatic heterocycles. The molecular formula is C14H25NO5. The lowest BCUT2D eigenvalue weighted by Crippen LogP contribution is -2.45. The Kier molecular flexibility index (Phi) is 6.95. The van der Waals surface area contributed by atoms with Crippen molar-refractivity contribution in [3.8, 4) is 0 Å². The minimum atomic E-state index is -0.793. The van der Waals surface area contributed by atoms with Crippen molar-refractivity contribution in [2.24, 2.45) is 5.92 Å². The molecule has 0 radical (unpaired) electrons.